The number of aryl methyl sites for hydroxylation is 1. The summed E-state index contributed by atoms with van der Waals surface area (Å²) < 4.78 is 14.5. The number of hydrogen-bond donors (Lipinski definition) is 0. The van der Waals surface area contributed by atoms with Crippen LogP contribution in [0.25, 0.3) is 28.0 Å². The average molecular weight is 401 g/mol. The summed E-state index contributed by atoms with van der Waals surface area (Å²) >= 11 is 0. The molecule has 0 atom stereocenters. The van der Waals surface area contributed by atoms with Gasteiger partial charge in [-0.05, 0) is 52.8 Å². The molecule has 0 spiro atoms. The summed E-state index contributed by atoms with van der Waals surface area (Å²) in [5.41, 5.74) is 4.30. The molecule has 3 aromatic rings. The van der Waals surface area contributed by atoms with E-state index in [2.05, 4.69) is 43.8 Å². The monoisotopic (exact) mass is 400 g/mol. The lowest BCUT2D eigenvalue weighted by atomic mass is 9.78. The highest BCUT2D eigenvalue weighted by Crippen LogP contribution is 2.34. The van der Waals surface area contributed by atoms with Crippen LogP contribution in [-0.2, 0) is 6.42 Å². The van der Waals surface area contributed by atoms with Crippen molar-refractivity contribution in [2.45, 2.75) is 58.3 Å². The van der Waals surface area contributed by atoms with Gasteiger partial charge in [0.05, 0.1) is 0 Å². The fraction of sp³-hybridized carbons (Fsp3) is 0.379. The van der Waals surface area contributed by atoms with E-state index in [1.54, 1.807) is 12.1 Å². The second-order valence-corrected chi connectivity index (χ2v) is 9.02. The van der Waals surface area contributed by atoms with Gasteiger partial charge in [-0.3, -0.25) is 0 Å². The van der Waals surface area contributed by atoms with E-state index in [9.17, 15) is 4.39 Å². The molecule has 0 amide bonds. The van der Waals surface area contributed by atoms with E-state index in [-0.39, 0.29) is 5.82 Å². The molecule has 1 heteroatoms. The van der Waals surface area contributed by atoms with Crippen molar-refractivity contribution in [1.82, 2.24) is 0 Å². The Kier molecular flexibility index (Phi) is 6.67. The Morgan fingerprint density at radius 1 is 0.867 bits per heavy atom. The fourth-order valence-corrected chi connectivity index (χ4v) is 5.10. The molecule has 0 radical (unpaired) electrons. The highest BCUT2D eigenvalue weighted by molar-refractivity contribution is 5.89. The van der Waals surface area contributed by atoms with E-state index in [1.807, 2.05) is 18.2 Å². The van der Waals surface area contributed by atoms with Gasteiger partial charge in [-0.2, -0.15) is 0 Å². The largest absolute Gasteiger partial charge is 0.206 e. The van der Waals surface area contributed by atoms with Crippen molar-refractivity contribution >= 4 is 16.8 Å². The van der Waals surface area contributed by atoms with Crippen molar-refractivity contribution < 1.29 is 4.39 Å². The predicted octanol–water partition coefficient (Wildman–Crippen LogP) is 8.83. The quantitative estimate of drug-likeness (QED) is 0.371. The van der Waals surface area contributed by atoms with Crippen LogP contribution in [0.2, 0.25) is 0 Å². The van der Waals surface area contributed by atoms with E-state index in [0.717, 1.165) is 22.8 Å². The first kappa shape index (κ1) is 20.8. The molecular weight excluding hydrogens is 367 g/mol. The summed E-state index contributed by atoms with van der Waals surface area (Å²) in [6, 6.07) is 18.7. The SMILES string of the molecule is C=Cc1ccc2cc(-c3ccc(CCC4CCC(CCC)CC4)cc3)ccc2c1F. The first-order valence-corrected chi connectivity index (χ1v) is 11.6. The number of rotatable bonds is 7. The van der Waals surface area contributed by atoms with E-state index in [0.29, 0.717) is 10.9 Å². The summed E-state index contributed by atoms with van der Waals surface area (Å²) in [6.45, 7) is 6.00. The average Bonchev–Trinajstić information content (AvgIpc) is 2.79. The Bertz CT molecular complexity index is 991. The van der Waals surface area contributed by atoms with Crippen LogP contribution in [0, 0.1) is 17.7 Å². The van der Waals surface area contributed by atoms with Crippen LogP contribution in [0.1, 0.15) is 63.0 Å². The van der Waals surface area contributed by atoms with E-state index in [1.165, 1.54) is 62.5 Å². The summed E-state index contributed by atoms with van der Waals surface area (Å²) in [6.07, 6.45) is 12.5. The minimum atomic E-state index is -0.187. The Labute approximate surface area is 180 Å². The maximum atomic E-state index is 14.5. The van der Waals surface area contributed by atoms with Crippen LogP contribution in [0.15, 0.2) is 61.2 Å². The molecule has 0 nitrogen and oxygen atoms in total. The van der Waals surface area contributed by atoms with Gasteiger partial charge in [-0.25, -0.2) is 4.39 Å². The molecule has 1 aliphatic rings. The van der Waals surface area contributed by atoms with E-state index >= 15 is 0 Å². The highest BCUT2D eigenvalue weighted by Gasteiger charge is 2.20. The second-order valence-electron chi connectivity index (χ2n) is 9.02. The molecule has 0 aromatic heterocycles. The zero-order chi connectivity index (χ0) is 20.9. The van der Waals surface area contributed by atoms with Crippen LogP contribution in [-0.4, -0.2) is 0 Å². The Hall–Kier alpha value is -2.41. The molecule has 1 saturated carbocycles. The van der Waals surface area contributed by atoms with Gasteiger partial charge in [0.15, 0.2) is 0 Å². The van der Waals surface area contributed by atoms with Gasteiger partial charge < -0.3 is 0 Å². The van der Waals surface area contributed by atoms with Crippen LogP contribution < -0.4 is 0 Å². The third kappa shape index (κ3) is 4.67. The van der Waals surface area contributed by atoms with E-state index in [4.69, 9.17) is 0 Å². The number of fused-ring (bicyclic) bond motifs is 1. The van der Waals surface area contributed by atoms with Crippen molar-refractivity contribution in [3.8, 4) is 11.1 Å². The van der Waals surface area contributed by atoms with Crippen LogP contribution in [0.5, 0.6) is 0 Å². The Morgan fingerprint density at radius 2 is 1.53 bits per heavy atom. The lowest BCUT2D eigenvalue weighted by molar-refractivity contribution is 0.252. The first-order chi connectivity index (χ1) is 14.7. The topological polar surface area (TPSA) is 0 Å². The van der Waals surface area contributed by atoms with Crippen molar-refractivity contribution in [3.63, 3.8) is 0 Å². The van der Waals surface area contributed by atoms with Gasteiger partial charge in [0.1, 0.15) is 5.82 Å². The van der Waals surface area contributed by atoms with Crippen molar-refractivity contribution in [1.29, 1.82) is 0 Å². The van der Waals surface area contributed by atoms with Crippen LogP contribution in [0.4, 0.5) is 4.39 Å². The van der Waals surface area contributed by atoms with Crippen LogP contribution >= 0.6 is 0 Å². The van der Waals surface area contributed by atoms with Gasteiger partial charge >= 0.3 is 0 Å². The Balaban J connectivity index is 1.39. The third-order valence-electron chi connectivity index (χ3n) is 7.00. The van der Waals surface area contributed by atoms with Gasteiger partial charge in [0.25, 0.3) is 0 Å². The zero-order valence-electron chi connectivity index (χ0n) is 18.2. The summed E-state index contributed by atoms with van der Waals surface area (Å²) in [5.74, 6) is 1.71. The van der Waals surface area contributed by atoms with Crippen molar-refractivity contribution in [3.05, 3.63) is 78.1 Å². The van der Waals surface area contributed by atoms with Gasteiger partial charge in [-0.15, -0.1) is 0 Å². The minimum Gasteiger partial charge on any atom is -0.206 e. The fourth-order valence-electron chi connectivity index (χ4n) is 5.10. The summed E-state index contributed by atoms with van der Waals surface area (Å²) in [4.78, 5) is 0. The summed E-state index contributed by atoms with van der Waals surface area (Å²) in [5, 5.41) is 1.58. The molecule has 0 saturated heterocycles. The molecule has 0 heterocycles. The molecule has 30 heavy (non-hydrogen) atoms. The lowest BCUT2D eigenvalue weighted by Gasteiger charge is -2.28. The summed E-state index contributed by atoms with van der Waals surface area (Å²) in [7, 11) is 0. The molecule has 1 fully saturated rings. The molecule has 4 rings (SSSR count). The van der Waals surface area contributed by atoms with Crippen LogP contribution in [0.3, 0.4) is 0 Å². The highest BCUT2D eigenvalue weighted by atomic mass is 19.1. The molecular formula is C29H33F. The first-order valence-electron chi connectivity index (χ1n) is 11.6. The number of benzene rings is 3. The standard InChI is InChI=1S/C29H33F/c1-3-5-21-6-8-22(9-7-21)10-11-23-12-14-25(15-13-23)26-18-19-28-27(20-26)17-16-24(4-2)29(28)30/h4,12-22H,2-3,5-11H2,1H3. The molecule has 0 N–H and O–H groups in total. The maximum absolute atomic E-state index is 14.5. The maximum Gasteiger partial charge on any atom is 0.138 e. The normalized spacial score (nSPS) is 19.1. The second kappa shape index (κ2) is 9.60. The van der Waals surface area contributed by atoms with E-state index < -0.39 is 0 Å². The Morgan fingerprint density at radius 3 is 2.20 bits per heavy atom. The number of halogens is 1. The van der Waals surface area contributed by atoms with Crippen molar-refractivity contribution in [2.24, 2.45) is 11.8 Å². The predicted molar refractivity (Wildman–Crippen MR) is 128 cm³/mol. The minimum absolute atomic E-state index is 0.187. The molecule has 0 bridgehead atoms. The molecule has 3 aromatic carbocycles. The molecule has 1 aliphatic carbocycles. The van der Waals surface area contributed by atoms with Crippen molar-refractivity contribution in [2.75, 3.05) is 0 Å². The van der Waals surface area contributed by atoms with Gasteiger partial charge in [0, 0.05) is 10.9 Å². The van der Waals surface area contributed by atoms with Gasteiger partial charge in [0.2, 0.25) is 0 Å². The van der Waals surface area contributed by atoms with Gasteiger partial charge in [-0.1, -0.05) is 107 Å². The smallest absolute Gasteiger partial charge is 0.138 e. The number of hydrogen-bond acceptors (Lipinski definition) is 0. The zero-order valence-corrected chi connectivity index (χ0v) is 18.2. The molecule has 0 aliphatic heterocycles. The molecule has 0 unspecified atom stereocenters. The lowest BCUT2D eigenvalue weighted by Crippen LogP contribution is -2.15. The molecule has 156 valence electrons. The third-order valence-corrected chi connectivity index (χ3v) is 7.00.